The van der Waals surface area contributed by atoms with Gasteiger partial charge in [0, 0.05) is 11.0 Å². The Morgan fingerprint density at radius 1 is 1.20 bits per heavy atom. The van der Waals surface area contributed by atoms with Gasteiger partial charge in [0.1, 0.15) is 6.04 Å². The third kappa shape index (κ3) is 6.87. The van der Waals surface area contributed by atoms with Crippen LogP contribution in [0.3, 0.4) is 0 Å². The maximum absolute atomic E-state index is 12.6. The number of hydrogen-bond donors (Lipinski definition) is 2. The number of carbonyl (C=O) groups is 2. The number of carbonyl (C=O) groups excluding carboxylic acids is 2. The van der Waals surface area contributed by atoms with E-state index in [4.69, 9.17) is 0 Å². The van der Waals surface area contributed by atoms with Crippen molar-refractivity contribution in [1.82, 2.24) is 10.6 Å². The molecule has 0 saturated heterocycles. The molecule has 1 aromatic rings. The van der Waals surface area contributed by atoms with Gasteiger partial charge in [-0.05, 0) is 25.1 Å². The first-order valence-electron chi connectivity index (χ1n) is 7.66. The Morgan fingerprint density at radius 2 is 1.84 bits per heavy atom. The Kier molecular flexibility index (Phi) is 6.63. The Hall–Kier alpha value is -2.49. The van der Waals surface area contributed by atoms with Crippen molar-refractivity contribution in [3.8, 4) is 11.8 Å². The maximum Gasteiger partial charge on any atom is 0.416 e. The second-order valence-corrected chi connectivity index (χ2v) is 6.54. The Balaban J connectivity index is 2.57. The van der Waals surface area contributed by atoms with E-state index in [2.05, 4.69) is 22.5 Å². The van der Waals surface area contributed by atoms with Crippen molar-refractivity contribution < 1.29 is 22.8 Å². The van der Waals surface area contributed by atoms with Gasteiger partial charge in [0.15, 0.2) is 0 Å². The third-order valence-electron chi connectivity index (χ3n) is 3.20. The lowest BCUT2D eigenvalue weighted by Gasteiger charge is -2.21. The first kappa shape index (κ1) is 20.6. The average molecular weight is 354 g/mol. The van der Waals surface area contributed by atoms with E-state index in [-0.39, 0.29) is 18.0 Å². The molecule has 1 unspecified atom stereocenters. The molecule has 2 amide bonds. The zero-order valence-corrected chi connectivity index (χ0v) is 14.5. The molecule has 1 atom stereocenters. The number of amides is 2. The predicted molar refractivity (Wildman–Crippen MR) is 88.4 cm³/mol. The number of rotatable bonds is 3. The molecule has 136 valence electrons. The summed E-state index contributed by atoms with van der Waals surface area (Å²) >= 11 is 0. The number of alkyl halides is 3. The molecule has 0 bridgehead atoms. The van der Waals surface area contributed by atoms with Crippen molar-refractivity contribution in [2.45, 2.75) is 39.9 Å². The fourth-order valence-corrected chi connectivity index (χ4v) is 1.68. The minimum absolute atomic E-state index is 0.0369. The molecule has 2 N–H and O–H groups in total. The largest absolute Gasteiger partial charge is 0.416 e. The van der Waals surface area contributed by atoms with E-state index in [1.807, 2.05) is 0 Å². The Morgan fingerprint density at radius 3 is 2.40 bits per heavy atom. The van der Waals surface area contributed by atoms with Gasteiger partial charge in [0.05, 0.1) is 12.1 Å². The summed E-state index contributed by atoms with van der Waals surface area (Å²) in [6, 6.07) is 3.90. The van der Waals surface area contributed by atoms with Crippen LogP contribution in [0.25, 0.3) is 0 Å². The Bertz CT molecular complexity index is 695. The zero-order valence-electron chi connectivity index (χ0n) is 14.5. The van der Waals surface area contributed by atoms with Crippen LogP contribution in [0.4, 0.5) is 13.2 Å². The second kappa shape index (κ2) is 8.06. The van der Waals surface area contributed by atoms with Gasteiger partial charge < -0.3 is 10.6 Å². The van der Waals surface area contributed by atoms with Gasteiger partial charge in [-0.1, -0.05) is 38.7 Å². The molecule has 0 aliphatic heterocycles. The highest BCUT2D eigenvalue weighted by Gasteiger charge is 2.30. The summed E-state index contributed by atoms with van der Waals surface area (Å²) in [6.07, 6.45) is -4.42. The molecule has 7 heteroatoms. The Labute approximate surface area is 145 Å². The number of benzene rings is 1. The lowest BCUT2D eigenvalue weighted by molar-refractivity contribution is -0.137. The van der Waals surface area contributed by atoms with Crippen LogP contribution in [-0.4, -0.2) is 24.4 Å². The van der Waals surface area contributed by atoms with Gasteiger partial charge in [-0.25, -0.2) is 0 Å². The average Bonchev–Trinajstić information content (AvgIpc) is 2.49. The van der Waals surface area contributed by atoms with E-state index in [0.717, 1.165) is 12.1 Å². The van der Waals surface area contributed by atoms with E-state index >= 15 is 0 Å². The topological polar surface area (TPSA) is 58.2 Å². The molecular formula is C18H21F3N2O2. The molecule has 0 radical (unpaired) electrons. The molecular weight excluding hydrogens is 333 g/mol. The summed E-state index contributed by atoms with van der Waals surface area (Å²) in [5.41, 5.74) is -1.18. The van der Waals surface area contributed by atoms with Gasteiger partial charge >= 0.3 is 6.18 Å². The summed E-state index contributed by atoms with van der Waals surface area (Å²) in [7, 11) is 0. The van der Waals surface area contributed by atoms with Gasteiger partial charge in [0.25, 0.3) is 0 Å². The van der Waals surface area contributed by atoms with Crippen LogP contribution < -0.4 is 10.6 Å². The highest BCUT2D eigenvalue weighted by molar-refractivity contribution is 5.89. The quantitative estimate of drug-likeness (QED) is 0.820. The molecule has 0 aliphatic rings. The van der Waals surface area contributed by atoms with Crippen molar-refractivity contribution in [3.63, 3.8) is 0 Å². The molecule has 0 spiro atoms. The van der Waals surface area contributed by atoms with Crippen LogP contribution in [-0.2, 0) is 15.8 Å². The fourth-order valence-electron chi connectivity index (χ4n) is 1.68. The standard InChI is InChI=1S/C18H21F3N2O2/c1-12(23-16(25)17(2,3)4)15(24)22-10-6-8-13-7-5-9-14(11-13)18(19,20)21/h5,7,9,11-12H,10H2,1-4H3,(H,22,24)(H,23,25). The van der Waals surface area contributed by atoms with Crippen LogP contribution in [0.5, 0.6) is 0 Å². The molecule has 0 heterocycles. The van der Waals surface area contributed by atoms with Crippen molar-refractivity contribution in [1.29, 1.82) is 0 Å². The van der Waals surface area contributed by atoms with Crippen LogP contribution in [0.15, 0.2) is 24.3 Å². The van der Waals surface area contributed by atoms with Crippen molar-refractivity contribution >= 4 is 11.8 Å². The molecule has 0 fully saturated rings. The van der Waals surface area contributed by atoms with Gasteiger partial charge in [-0.3, -0.25) is 9.59 Å². The van der Waals surface area contributed by atoms with Gasteiger partial charge in [0.2, 0.25) is 11.8 Å². The molecule has 25 heavy (non-hydrogen) atoms. The first-order valence-corrected chi connectivity index (χ1v) is 7.66. The van der Waals surface area contributed by atoms with Gasteiger partial charge in [-0.15, -0.1) is 0 Å². The third-order valence-corrected chi connectivity index (χ3v) is 3.20. The highest BCUT2D eigenvalue weighted by atomic mass is 19.4. The van der Waals surface area contributed by atoms with Crippen molar-refractivity contribution in [2.24, 2.45) is 5.41 Å². The summed E-state index contributed by atoms with van der Waals surface area (Å²) in [5, 5.41) is 5.08. The van der Waals surface area contributed by atoms with Crippen LogP contribution >= 0.6 is 0 Å². The van der Waals surface area contributed by atoms with Crippen molar-refractivity contribution in [2.75, 3.05) is 6.54 Å². The smallest absolute Gasteiger partial charge is 0.344 e. The number of halogens is 3. The fraction of sp³-hybridized carbons (Fsp3) is 0.444. The summed E-state index contributed by atoms with van der Waals surface area (Å²) in [5.74, 6) is 4.47. The normalized spacial score (nSPS) is 12.6. The molecule has 0 aliphatic carbocycles. The van der Waals surface area contributed by atoms with Crippen LogP contribution in [0.1, 0.15) is 38.8 Å². The lowest BCUT2D eigenvalue weighted by Crippen LogP contribution is -2.48. The summed E-state index contributed by atoms with van der Waals surface area (Å²) < 4.78 is 37.8. The first-order chi connectivity index (χ1) is 11.4. The summed E-state index contributed by atoms with van der Waals surface area (Å²) in [6.45, 7) is 6.69. The van der Waals surface area contributed by atoms with E-state index in [1.54, 1.807) is 27.7 Å². The van der Waals surface area contributed by atoms with E-state index in [1.165, 1.54) is 12.1 Å². The SMILES string of the molecule is CC(NC(=O)C(C)(C)C)C(=O)NCC#Cc1cccc(C(F)(F)F)c1. The molecule has 0 saturated carbocycles. The predicted octanol–water partition coefficient (Wildman–Crippen LogP) is 2.72. The minimum Gasteiger partial charge on any atom is -0.344 e. The van der Waals surface area contributed by atoms with E-state index < -0.39 is 29.1 Å². The lowest BCUT2D eigenvalue weighted by atomic mass is 9.95. The monoisotopic (exact) mass is 354 g/mol. The summed E-state index contributed by atoms with van der Waals surface area (Å²) in [4.78, 5) is 23.7. The highest BCUT2D eigenvalue weighted by Crippen LogP contribution is 2.29. The zero-order chi connectivity index (χ0) is 19.3. The van der Waals surface area contributed by atoms with Crippen LogP contribution in [0, 0.1) is 17.3 Å². The number of hydrogen-bond acceptors (Lipinski definition) is 2. The van der Waals surface area contributed by atoms with Gasteiger partial charge in [-0.2, -0.15) is 13.2 Å². The van der Waals surface area contributed by atoms with Crippen molar-refractivity contribution in [3.05, 3.63) is 35.4 Å². The minimum atomic E-state index is -4.42. The molecule has 1 rings (SSSR count). The number of nitrogens with one attached hydrogen (secondary N) is 2. The second-order valence-electron chi connectivity index (χ2n) is 6.54. The van der Waals surface area contributed by atoms with E-state index in [0.29, 0.717) is 0 Å². The van der Waals surface area contributed by atoms with Crippen LogP contribution in [0.2, 0.25) is 0 Å². The molecule has 0 aromatic heterocycles. The molecule has 4 nitrogen and oxygen atoms in total. The maximum atomic E-state index is 12.6. The van der Waals surface area contributed by atoms with E-state index in [9.17, 15) is 22.8 Å². The molecule has 1 aromatic carbocycles.